The van der Waals surface area contributed by atoms with Crippen molar-refractivity contribution in [2.24, 2.45) is 0 Å². The number of carbonyl (C=O) groups excluding carboxylic acids is 3. The van der Waals surface area contributed by atoms with Gasteiger partial charge in [0.05, 0.1) is 19.8 Å². The Morgan fingerprint density at radius 3 is 1.09 bits per heavy atom. The molecule has 0 radical (unpaired) electrons. The van der Waals surface area contributed by atoms with E-state index >= 15 is 0 Å². The first-order valence-electron chi connectivity index (χ1n) is 22.5. The molecule has 5 heterocycles. The van der Waals surface area contributed by atoms with E-state index in [-0.39, 0.29) is 0 Å². The molecule has 5 saturated heterocycles. The molecule has 0 aliphatic carbocycles. The number of aliphatic carboxylic acids is 2. The molecule has 0 saturated carbocycles. The number of aliphatic hydroxyl groups excluding tert-OH is 9. The van der Waals surface area contributed by atoms with Crippen molar-refractivity contribution in [3.8, 4) is 0 Å². The number of ether oxygens (including phenoxy) is 9. The summed E-state index contributed by atoms with van der Waals surface area (Å²) in [5, 5.41) is 125. The molecule has 25 atom stereocenters. The van der Waals surface area contributed by atoms with Gasteiger partial charge in [-0.05, 0) is 0 Å². The second kappa shape index (κ2) is 26.7. The normalized spacial score (nSPS) is 41.4. The number of hydrogen-bond donors (Lipinski definition) is 17. The third kappa shape index (κ3) is 16.5. The van der Waals surface area contributed by atoms with E-state index in [1.165, 1.54) is 0 Å². The predicted octanol–water partition coefficient (Wildman–Crippen LogP) is -11.8. The van der Waals surface area contributed by atoms with Crippen molar-refractivity contribution >= 4 is 60.9 Å². The van der Waals surface area contributed by atoms with E-state index in [2.05, 4.69) is 24.3 Å². The molecule has 0 spiro atoms. The Morgan fingerprint density at radius 2 is 0.722 bits per heavy atom. The minimum absolute atomic E-state index is 0.756. The summed E-state index contributed by atoms with van der Waals surface area (Å²) in [6.07, 6.45) is -53.3. The molecule has 17 N–H and O–H groups in total. The van der Waals surface area contributed by atoms with Gasteiger partial charge in [-0.2, -0.15) is 25.3 Å². The van der Waals surface area contributed by atoms with Crippen LogP contribution in [0.1, 0.15) is 20.8 Å². The average molecular weight is 1220 g/mol. The van der Waals surface area contributed by atoms with Crippen LogP contribution in [0.5, 0.6) is 0 Å². The van der Waals surface area contributed by atoms with E-state index in [9.17, 15) is 119 Å². The van der Waals surface area contributed by atoms with Crippen LogP contribution in [0.3, 0.4) is 0 Å². The Morgan fingerprint density at radius 1 is 0.405 bits per heavy atom. The van der Waals surface area contributed by atoms with Gasteiger partial charge in [-0.3, -0.25) is 28.0 Å². The lowest BCUT2D eigenvalue weighted by Gasteiger charge is -2.50. The summed E-state index contributed by atoms with van der Waals surface area (Å²) >= 11 is 0. The van der Waals surface area contributed by atoms with Crippen LogP contribution in [0.4, 0.5) is 0 Å². The van der Waals surface area contributed by atoms with E-state index in [0.29, 0.717) is 0 Å². The summed E-state index contributed by atoms with van der Waals surface area (Å²) in [5.74, 6) is -7.42. The first-order valence-corrected chi connectivity index (χ1v) is 26.6. The molecule has 0 aromatic heterocycles. The van der Waals surface area contributed by atoms with Gasteiger partial charge in [0.1, 0.15) is 110 Å². The molecule has 456 valence electrons. The molecule has 5 aliphatic rings. The van der Waals surface area contributed by atoms with Gasteiger partial charge in [-0.1, -0.05) is 0 Å². The molecule has 40 nitrogen and oxygen atoms in total. The van der Waals surface area contributed by atoms with Crippen molar-refractivity contribution in [1.82, 2.24) is 16.0 Å². The van der Waals surface area contributed by atoms with E-state index in [1.54, 1.807) is 0 Å². The number of hydrogen-bond acceptors (Lipinski definition) is 32. The van der Waals surface area contributed by atoms with Crippen LogP contribution in [-0.2, 0) is 110 Å². The lowest BCUT2D eigenvalue weighted by atomic mass is 9.93. The molecule has 5 rings (SSSR count). The summed E-state index contributed by atoms with van der Waals surface area (Å²) in [7, 11) is -16.7. The zero-order valence-corrected chi connectivity index (χ0v) is 42.9. The van der Waals surface area contributed by atoms with Crippen LogP contribution in [-0.4, -0.2) is 298 Å². The monoisotopic (exact) mass is 1220 g/mol. The Balaban J connectivity index is 1.50. The zero-order valence-electron chi connectivity index (χ0n) is 40.4. The van der Waals surface area contributed by atoms with Crippen molar-refractivity contribution in [1.29, 1.82) is 0 Å². The summed E-state index contributed by atoms with van der Waals surface area (Å²) in [6, 6.07) is -6.31. The Bertz CT molecular complexity index is 2500. The summed E-state index contributed by atoms with van der Waals surface area (Å²) in [4.78, 5) is 62.8. The molecule has 5 aliphatic heterocycles. The third-order valence-electron chi connectivity index (χ3n) is 12.1. The van der Waals surface area contributed by atoms with Gasteiger partial charge in [-0.25, -0.2) is 22.1 Å². The highest BCUT2D eigenvalue weighted by Gasteiger charge is 2.60. The van der Waals surface area contributed by atoms with Crippen LogP contribution >= 0.6 is 0 Å². The van der Waals surface area contributed by atoms with Crippen molar-refractivity contribution in [3.05, 3.63) is 0 Å². The molecule has 0 aromatic carbocycles. The lowest BCUT2D eigenvalue weighted by Crippen LogP contribution is -2.71. The van der Waals surface area contributed by atoms with Crippen LogP contribution in [0.25, 0.3) is 0 Å². The Kier molecular flexibility index (Phi) is 22.3. The highest BCUT2D eigenvalue weighted by Crippen LogP contribution is 2.38. The topological polar surface area (TPSA) is 618 Å². The molecule has 79 heavy (non-hydrogen) atoms. The molecular weight excluding hydrogens is 1160 g/mol. The first kappa shape index (κ1) is 66.0. The van der Waals surface area contributed by atoms with E-state index in [0.717, 1.165) is 20.8 Å². The lowest BCUT2D eigenvalue weighted by molar-refractivity contribution is -0.372. The number of rotatable bonds is 22. The molecule has 3 amide bonds. The summed E-state index contributed by atoms with van der Waals surface area (Å²) in [5.41, 5.74) is 0. The van der Waals surface area contributed by atoms with E-state index in [4.69, 9.17) is 46.8 Å². The quantitative estimate of drug-likeness (QED) is 0.0448. The van der Waals surface area contributed by atoms with Crippen LogP contribution in [0, 0.1) is 0 Å². The van der Waals surface area contributed by atoms with Gasteiger partial charge in [0.15, 0.2) is 43.7 Å². The molecule has 43 heteroatoms. The van der Waals surface area contributed by atoms with Crippen molar-refractivity contribution in [3.63, 3.8) is 0 Å². The van der Waals surface area contributed by atoms with Gasteiger partial charge in [0.2, 0.25) is 17.7 Å². The molecule has 0 aromatic rings. The predicted molar refractivity (Wildman–Crippen MR) is 234 cm³/mol. The fraction of sp³-hybridized carbons (Fsp3) is 0.861. The second-order valence-electron chi connectivity index (χ2n) is 17.7. The van der Waals surface area contributed by atoms with Crippen molar-refractivity contribution in [2.45, 2.75) is 174 Å². The van der Waals surface area contributed by atoms with Gasteiger partial charge in [0, 0.05) is 20.8 Å². The SMILES string of the molecule is CC(=O)N[C@H]1[C@H](O[C@H]2[C@H](O)[C@@H](O)[C@H](O[C@@H]3[C@@H](NC(C)=O)[C@H](O[C@H]4[C@H](O)[C@@H](O)[C@H](O[C@H]5[C@@H](OS(=O)(=O)O)[C@@H](CO)OC(O)[C@@H]5NC(C)=O)O[C@@H]4C(=O)O)O[C@H](CO)[C@@H]3OS(=O)(=O)O)O[C@@H]2C(=O)O)O[C@H](CO)[C@H](OS(=O)(=O)O)[C@@H]1O. The van der Waals surface area contributed by atoms with E-state index < -0.39 is 234 Å². The number of carbonyl (C=O) groups is 5. The van der Waals surface area contributed by atoms with Gasteiger partial charge < -0.3 is 115 Å². The van der Waals surface area contributed by atoms with Crippen LogP contribution in [0.2, 0.25) is 0 Å². The van der Waals surface area contributed by atoms with E-state index in [1.807, 2.05) is 0 Å². The van der Waals surface area contributed by atoms with Crippen LogP contribution in [0.15, 0.2) is 0 Å². The third-order valence-corrected chi connectivity index (χ3v) is 13.5. The number of aliphatic hydroxyl groups is 9. The molecular formula is C36H57N3O37S3. The molecule has 1 unspecified atom stereocenters. The maximum Gasteiger partial charge on any atom is 0.397 e. The second-order valence-corrected chi connectivity index (χ2v) is 20.9. The summed E-state index contributed by atoms with van der Waals surface area (Å²) in [6.45, 7) is -1.41. The van der Waals surface area contributed by atoms with Crippen molar-refractivity contribution in [2.75, 3.05) is 19.8 Å². The number of carboxylic acids is 2. The van der Waals surface area contributed by atoms with Crippen LogP contribution < -0.4 is 16.0 Å². The fourth-order valence-corrected chi connectivity index (χ4v) is 10.4. The summed E-state index contributed by atoms with van der Waals surface area (Å²) < 4.78 is 163. The maximum atomic E-state index is 12.9. The Labute approximate surface area is 444 Å². The Hall–Kier alpha value is -3.76. The highest BCUT2D eigenvalue weighted by molar-refractivity contribution is 7.81. The number of carboxylic acid groups (broad SMARTS) is 2. The highest BCUT2D eigenvalue weighted by atomic mass is 32.3. The first-order chi connectivity index (χ1) is 36.5. The number of amides is 3. The van der Waals surface area contributed by atoms with Gasteiger partial charge >= 0.3 is 43.1 Å². The minimum atomic E-state index is -5.77. The maximum absolute atomic E-state index is 12.9. The minimum Gasteiger partial charge on any atom is -0.479 e. The fourth-order valence-electron chi connectivity index (χ4n) is 8.90. The largest absolute Gasteiger partial charge is 0.479 e. The van der Waals surface area contributed by atoms with Crippen molar-refractivity contribution < 1.29 is 174 Å². The van der Waals surface area contributed by atoms with Gasteiger partial charge in [0.25, 0.3) is 0 Å². The standard InChI is InChI=1S/C36H57N3O37S3/c1-7(43)37-13-16(46)21(74-77(56,57)58)10(4-40)66-33(13)70-26-17(47)20(50)36(73-28(26)30(51)52)69-25-15(39-9(3)45)34(67-12(6-42)23(25)76-79(62,63)64)71-27-18(48)19(49)35(72-29(27)31(53)54)68-24-14(38-8(2)44)32(55)65-11(5-41)22(24)75-78(59,60)61/h10-29,32-36,40-42,46-50,55H,4-6H2,1-3H3,(H,37,43)(H,38,44)(H,39,45)(H,51,52)(H,53,54)(H,56,57,58)(H,59,60,61)(H,62,63,64)/t10-,11-,12-,13-,14-,15-,16-,17-,18-,19-,20-,21+,22+,23+,24-,25-,26+,27+,28+,29+,32?,33+,34+,35-,36-/m1/s1. The zero-order chi connectivity index (χ0) is 59.5. The van der Waals surface area contributed by atoms with Gasteiger partial charge in [-0.15, -0.1) is 0 Å². The smallest absolute Gasteiger partial charge is 0.397 e. The molecule has 5 fully saturated rings. The number of nitrogens with one attached hydrogen (secondary N) is 3. The molecule has 0 bridgehead atoms. The average Bonchev–Trinajstić information content (AvgIpc) is 3.41.